The third kappa shape index (κ3) is 6.56. The van der Waals surface area contributed by atoms with E-state index >= 15 is 0 Å². The molecule has 0 spiro atoms. The number of hydrogen-bond acceptors (Lipinski definition) is 4. The fourth-order valence-corrected chi connectivity index (χ4v) is 1.93. The molecular formula is C14H18BrNO4. The van der Waals surface area contributed by atoms with Crippen molar-refractivity contribution in [2.24, 2.45) is 0 Å². The van der Waals surface area contributed by atoms with Gasteiger partial charge in [-0.3, -0.25) is 9.59 Å². The van der Waals surface area contributed by atoms with Crippen LogP contribution < -0.4 is 10.1 Å². The summed E-state index contributed by atoms with van der Waals surface area (Å²) in [6.45, 7) is 2.04. The van der Waals surface area contributed by atoms with Gasteiger partial charge in [-0.25, -0.2) is 0 Å². The Balaban J connectivity index is 2.24. The van der Waals surface area contributed by atoms with Crippen LogP contribution in [0.2, 0.25) is 0 Å². The van der Waals surface area contributed by atoms with Gasteiger partial charge < -0.3 is 14.8 Å². The molecule has 1 atom stereocenters. The molecular weight excluding hydrogens is 326 g/mol. The molecule has 0 saturated carbocycles. The number of methoxy groups -OCH3 is 1. The van der Waals surface area contributed by atoms with Gasteiger partial charge >= 0.3 is 5.97 Å². The van der Waals surface area contributed by atoms with E-state index in [-0.39, 0.29) is 37.4 Å². The largest absolute Gasteiger partial charge is 0.493 e. The van der Waals surface area contributed by atoms with Gasteiger partial charge in [-0.2, -0.15) is 0 Å². The van der Waals surface area contributed by atoms with Crippen LogP contribution in [-0.4, -0.2) is 31.6 Å². The predicted molar refractivity (Wildman–Crippen MR) is 78.5 cm³/mol. The normalized spacial score (nSPS) is 11.6. The van der Waals surface area contributed by atoms with Crippen LogP contribution in [0.5, 0.6) is 5.75 Å². The number of benzene rings is 1. The highest BCUT2D eigenvalue weighted by atomic mass is 79.9. The standard InChI is InChI=1S/C14H18BrNO4/c1-10(8-14(18)19-2)16-13(17)6-7-20-12-5-3-4-11(15)9-12/h3-5,9-10H,6-8H2,1-2H3,(H,16,17). The molecule has 0 aliphatic heterocycles. The van der Waals surface area contributed by atoms with Crippen LogP contribution in [-0.2, 0) is 14.3 Å². The van der Waals surface area contributed by atoms with Crippen molar-refractivity contribution in [3.63, 3.8) is 0 Å². The summed E-state index contributed by atoms with van der Waals surface area (Å²) in [5.41, 5.74) is 0. The molecule has 0 heterocycles. The van der Waals surface area contributed by atoms with Gasteiger partial charge in [-0.05, 0) is 25.1 Å². The molecule has 0 radical (unpaired) electrons. The van der Waals surface area contributed by atoms with Crippen molar-refractivity contribution in [1.82, 2.24) is 5.32 Å². The molecule has 0 saturated heterocycles. The molecule has 0 fully saturated rings. The molecule has 1 aromatic rings. The SMILES string of the molecule is COC(=O)CC(C)NC(=O)CCOc1cccc(Br)c1. The Bertz CT molecular complexity index is 464. The Morgan fingerprint density at radius 3 is 2.80 bits per heavy atom. The number of rotatable bonds is 7. The van der Waals surface area contributed by atoms with E-state index in [9.17, 15) is 9.59 Å². The minimum atomic E-state index is -0.344. The van der Waals surface area contributed by atoms with E-state index in [2.05, 4.69) is 26.0 Å². The van der Waals surface area contributed by atoms with Gasteiger partial charge in [0.15, 0.2) is 0 Å². The summed E-state index contributed by atoms with van der Waals surface area (Å²) in [5, 5.41) is 2.71. The molecule has 1 rings (SSSR count). The fourth-order valence-electron chi connectivity index (χ4n) is 1.55. The van der Waals surface area contributed by atoms with Crippen LogP contribution in [0, 0.1) is 0 Å². The quantitative estimate of drug-likeness (QED) is 0.771. The van der Waals surface area contributed by atoms with Gasteiger partial charge in [0.05, 0.1) is 26.6 Å². The Morgan fingerprint density at radius 2 is 2.15 bits per heavy atom. The summed E-state index contributed by atoms with van der Waals surface area (Å²) >= 11 is 3.34. The predicted octanol–water partition coefficient (Wildman–Crippen LogP) is 2.29. The van der Waals surface area contributed by atoms with E-state index in [4.69, 9.17) is 4.74 Å². The first-order valence-corrected chi connectivity index (χ1v) is 7.05. The van der Waals surface area contributed by atoms with Crippen molar-refractivity contribution in [3.05, 3.63) is 28.7 Å². The van der Waals surface area contributed by atoms with Gasteiger partial charge in [0, 0.05) is 10.5 Å². The molecule has 5 nitrogen and oxygen atoms in total. The second-order valence-electron chi connectivity index (χ2n) is 4.30. The lowest BCUT2D eigenvalue weighted by Gasteiger charge is -2.12. The number of esters is 1. The van der Waals surface area contributed by atoms with Gasteiger partial charge in [0.1, 0.15) is 5.75 Å². The maximum atomic E-state index is 11.6. The summed E-state index contributed by atoms with van der Waals surface area (Å²) in [4.78, 5) is 22.7. The molecule has 0 aliphatic rings. The number of ether oxygens (including phenoxy) is 2. The molecule has 0 aliphatic carbocycles. The average molecular weight is 344 g/mol. The lowest BCUT2D eigenvalue weighted by atomic mass is 10.2. The number of carbonyl (C=O) groups is 2. The molecule has 1 N–H and O–H groups in total. The second-order valence-corrected chi connectivity index (χ2v) is 5.22. The summed E-state index contributed by atoms with van der Waals surface area (Å²) in [7, 11) is 1.32. The number of amides is 1. The van der Waals surface area contributed by atoms with Crippen LogP contribution in [0.15, 0.2) is 28.7 Å². The first kappa shape index (κ1) is 16.5. The summed E-state index contributed by atoms with van der Waals surface area (Å²) in [5.74, 6) is 0.203. The molecule has 6 heteroatoms. The Hall–Kier alpha value is -1.56. The zero-order valence-electron chi connectivity index (χ0n) is 11.5. The van der Waals surface area contributed by atoms with Crippen LogP contribution >= 0.6 is 15.9 Å². The number of hydrogen-bond donors (Lipinski definition) is 1. The smallest absolute Gasteiger partial charge is 0.307 e. The van der Waals surface area contributed by atoms with E-state index in [1.807, 2.05) is 24.3 Å². The Labute approximate surface area is 126 Å². The number of halogens is 1. The van der Waals surface area contributed by atoms with Gasteiger partial charge in [-0.15, -0.1) is 0 Å². The average Bonchev–Trinajstić information content (AvgIpc) is 2.38. The van der Waals surface area contributed by atoms with Crippen LogP contribution in [0.4, 0.5) is 0 Å². The molecule has 1 amide bonds. The maximum Gasteiger partial charge on any atom is 0.307 e. The van der Waals surface area contributed by atoms with Gasteiger partial charge in [0.25, 0.3) is 0 Å². The van der Waals surface area contributed by atoms with Crippen molar-refractivity contribution >= 4 is 27.8 Å². The first-order valence-electron chi connectivity index (χ1n) is 6.26. The summed E-state index contributed by atoms with van der Waals surface area (Å²) < 4.78 is 10.9. The molecule has 1 aromatic carbocycles. The topological polar surface area (TPSA) is 64.6 Å². The highest BCUT2D eigenvalue weighted by Crippen LogP contribution is 2.17. The van der Waals surface area contributed by atoms with E-state index in [1.54, 1.807) is 6.92 Å². The zero-order valence-corrected chi connectivity index (χ0v) is 13.1. The summed E-state index contributed by atoms with van der Waals surface area (Å²) in [6, 6.07) is 7.16. The third-order valence-corrected chi connectivity index (χ3v) is 3.00. The molecule has 0 bridgehead atoms. The molecule has 1 unspecified atom stereocenters. The van der Waals surface area contributed by atoms with Crippen molar-refractivity contribution < 1.29 is 19.1 Å². The molecule has 110 valence electrons. The van der Waals surface area contributed by atoms with Gasteiger partial charge in [0.2, 0.25) is 5.91 Å². The monoisotopic (exact) mass is 343 g/mol. The maximum absolute atomic E-state index is 11.6. The van der Waals surface area contributed by atoms with E-state index in [1.165, 1.54) is 7.11 Å². The zero-order chi connectivity index (χ0) is 15.0. The lowest BCUT2D eigenvalue weighted by Crippen LogP contribution is -2.35. The molecule has 20 heavy (non-hydrogen) atoms. The van der Waals surface area contributed by atoms with Crippen molar-refractivity contribution in [2.45, 2.75) is 25.8 Å². The number of carbonyl (C=O) groups excluding carboxylic acids is 2. The first-order chi connectivity index (χ1) is 9.51. The van der Waals surface area contributed by atoms with E-state index in [0.717, 1.165) is 4.47 Å². The Kier molecular flexibility index (Phi) is 7.08. The Morgan fingerprint density at radius 1 is 1.40 bits per heavy atom. The van der Waals surface area contributed by atoms with Crippen LogP contribution in [0.1, 0.15) is 19.8 Å². The number of nitrogens with one attached hydrogen (secondary N) is 1. The van der Waals surface area contributed by atoms with Crippen LogP contribution in [0.25, 0.3) is 0 Å². The molecule has 0 aromatic heterocycles. The van der Waals surface area contributed by atoms with Crippen molar-refractivity contribution in [3.8, 4) is 5.75 Å². The minimum Gasteiger partial charge on any atom is -0.493 e. The second kappa shape index (κ2) is 8.58. The third-order valence-electron chi connectivity index (χ3n) is 2.50. The van der Waals surface area contributed by atoms with E-state index in [0.29, 0.717) is 5.75 Å². The fraction of sp³-hybridized carbons (Fsp3) is 0.429. The van der Waals surface area contributed by atoms with Crippen LogP contribution in [0.3, 0.4) is 0 Å². The highest BCUT2D eigenvalue weighted by Gasteiger charge is 2.12. The van der Waals surface area contributed by atoms with Gasteiger partial charge in [-0.1, -0.05) is 22.0 Å². The van der Waals surface area contributed by atoms with E-state index < -0.39 is 0 Å². The summed E-state index contributed by atoms with van der Waals surface area (Å²) in [6.07, 6.45) is 0.396. The highest BCUT2D eigenvalue weighted by molar-refractivity contribution is 9.10. The lowest BCUT2D eigenvalue weighted by molar-refractivity contribution is -0.141. The minimum absolute atomic E-state index is 0.156. The van der Waals surface area contributed by atoms with Crippen molar-refractivity contribution in [1.29, 1.82) is 0 Å². The van der Waals surface area contributed by atoms with Crippen molar-refractivity contribution in [2.75, 3.05) is 13.7 Å².